The Kier molecular flexibility index (Phi) is 3.33. The lowest BCUT2D eigenvalue weighted by Crippen LogP contribution is -2.17. The molecule has 0 aliphatic heterocycles. The summed E-state index contributed by atoms with van der Waals surface area (Å²) in [6, 6.07) is 0.289. The van der Waals surface area contributed by atoms with Crippen molar-refractivity contribution in [3.05, 3.63) is 16.9 Å². The Morgan fingerprint density at radius 3 is 2.69 bits per heavy atom. The van der Waals surface area contributed by atoms with E-state index in [0.717, 1.165) is 12.1 Å². The molecule has 0 aromatic carbocycles. The number of rotatable bonds is 3. The van der Waals surface area contributed by atoms with Gasteiger partial charge in [0.1, 0.15) is 0 Å². The van der Waals surface area contributed by atoms with Crippen LogP contribution in [-0.2, 0) is 0 Å². The first kappa shape index (κ1) is 10.5. The van der Waals surface area contributed by atoms with Gasteiger partial charge in [-0.1, -0.05) is 18.5 Å². The topological polar surface area (TPSA) is 43.8 Å². The largest absolute Gasteiger partial charge is 0.323 e. The lowest BCUT2D eigenvalue weighted by atomic mass is 10.1. The van der Waals surface area contributed by atoms with Crippen LogP contribution >= 0.6 is 11.6 Å². The third-order valence-electron chi connectivity index (χ3n) is 2.07. The maximum Gasteiger partial charge on any atom is 0.0834 e. The van der Waals surface area contributed by atoms with Gasteiger partial charge < -0.3 is 5.73 Å². The van der Waals surface area contributed by atoms with E-state index in [4.69, 9.17) is 17.3 Å². The van der Waals surface area contributed by atoms with Crippen LogP contribution in [0.3, 0.4) is 0 Å². The molecule has 0 radical (unpaired) electrons. The molecule has 1 rings (SSSR count). The highest BCUT2D eigenvalue weighted by atomic mass is 35.5. The fourth-order valence-corrected chi connectivity index (χ4v) is 1.57. The second-order valence-corrected chi connectivity index (χ2v) is 3.84. The Labute approximate surface area is 83.9 Å². The van der Waals surface area contributed by atoms with Gasteiger partial charge in [-0.2, -0.15) is 5.10 Å². The molecule has 0 fully saturated rings. The number of halogens is 1. The summed E-state index contributed by atoms with van der Waals surface area (Å²) < 4.78 is 1.89. The first-order valence-electron chi connectivity index (χ1n) is 4.56. The van der Waals surface area contributed by atoms with Crippen LogP contribution in [0.4, 0.5) is 0 Å². The number of nitrogens with two attached hydrogens (primary N) is 1. The quantitative estimate of drug-likeness (QED) is 0.817. The van der Waals surface area contributed by atoms with Crippen molar-refractivity contribution in [2.75, 3.05) is 0 Å². The Morgan fingerprint density at radius 2 is 2.23 bits per heavy atom. The van der Waals surface area contributed by atoms with Crippen LogP contribution in [0.5, 0.6) is 0 Å². The average molecular weight is 202 g/mol. The summed E-state index contributed by atoms with van der Waals surface area (Å²) in [7, 11) is 0. The van der Waals surface area contributed by atoms with E-state index in [9.17, 15) is 0 Å². The number of nitrogens with zero attached hydrogens (tertiary/aromatic N) is 2. The minimum Gasteiger partial charge on any atom is -0.323 e. The Balaban J connectivity index is 3.08. The van der Waals surface area contributed by atoms with Gasteiger partial charge in [0, 0.05) is 12.1 Å². The summed E-state index contributed by atoms with van der Waals surface area (Å²) in [6.07, 6.45) is 2.53. The monoisotopic (exact) mass is 201 g/mol. The van der Waals surface area contributed by atoms with Gasteiger partial charge in [0.15, 0.2) is 0 Å². The molecule has 0 saturated carbocycles. The van der Waals surface area contributed by atoms with Crippen LogP contribution in [0.1, 0.15) is 45.0 Å². The number of hydrogen-bond donors (Lipinski definition) is 1. The van der Waals surface area contributed by atoms with E-state index in [2.05, 4.69) is 18.9 Å². The van der Waals surface area contributed by atoms with E-state index < -0.39 is 0 Å². The summed E-state index contributed by atoms with van der Waals surface area (Å²) in [6.45, 7) is 6.17. The molecule has 0 amide bonds. The van der Waals surface area contributed by atoms with E-state index in [1.54, 1.807) is 6.20 Å². The summed E-state index contributed by atoms with van der Waals surface area (Å²) >= 11 is 6.00. The van der Waals surface area contributed by atoms with Crippen LogP contribution < -0.4 is 5.73 Å². The van der Waals surface area contributed by atoms with E-state index in [1.807, 2.05) is 11.6 Å². The lowest BCUT2D eigenvalue weighted by Gasteiger charge is -2.15. The molecule has 74 valence electrons. The highest BCUT2D eigenvalue weighted by Crippen LogP contribution is 2.25. The molecule has 0 aliphatic rings. The van der Waals surface area contributed by atoms with Crippen LogP contribution in [0, 0.1) is 0 Å². The van der Waals surface area contributed by atoms with Gasteiger partial charge in [0.05, 0.1) is 16.9 Å². The summed E-state index contributed by atoms with van der Waals surface area (Å²) in [4.78, 5) is 0. The predicted octanol–water partition coefficient (Wildman–Crippen LogP) is 2.53. The van der Waals surface area contributed by atoms with E-state index in [1.165, 1.54) is 0 Å². The van der Waals surface area contributed by atoms with Crippen molar-refractivity contribution in [1.82, 2.24) is 9.78 Å². The van der Waals surface area contributed by atoms with Crippen molar-refractivity contribution < 1.29 is 0 Å². The summed E-state index contributed by atoms with van der Waals surface area (Å²) in [5.41, 5.74) is 6.88. The molecule has 3 nitrogen and oxygen atoms in total. The first-order chi connectivity index (χ1) is 6.07. The van der Waals surface area contributed by atoms with Crippen molar-refractivity contribution in [1.29, 1.82) is 0 Å². The summed E-state index contributed by atoms with van der Waals surface area (Å²) in [5, 5.41) is 4.86. The van der Waals surface area contributed by atoms with Crippen molar-refractivity contribution in [3.63, 3.8) is 0 Å². The molecule has 0 spiro atoms. The highest BCUT2D eigenvalue weighted by Gasteiger charge is 2.16. The van der Waals surface area contributed by atoms with Gasteiger partial charge >= 0.3 is 0 Å². The van der Waals surface area contributed by atoms with Crippen molar-refractivity contribution in [3.8, 4) is 0 Å². The van der Waals surface area contributed by atoms with Crippen molar-refractivity contribution >= 4 is 11.6 Å². The van der Waals surface area contributed by atoms with E-state index in [-0.39, 0.29) is 6.04 Å². The summed E-state index contributed by atoms with van der Waals surface area (Å²) in [5.74, 6) is 0. The fourth-order valence-electron chi connectivity index (χ4n) is 1.30. The van der Waals surface area contributed by atoms with Crippen LogP contribution in [0.15, 0.2) is 6.20 Å². The van der Waals surface area contributed by atoms with E-state index >= 15 is 0 Å². The first-order valence-corrected chi connectivity index (χ1v) is 4.94. The molecule has 0 saturated heterocycles. The van der Waals surface area contributed by atoms with Crippen molar-refractivity contribution in [2.45, 2.75) is 39.3 Å². The second kappa shape index (κ2) is 4.11. The predicted molar refractivity (Wildman–Crippen MR) is 54.8 cm³/mol. The van der Waals surface area contributed by atoms with Gasteiger partial charge in [0.2, 0.25) is 0 Å². The third-order valence-corrected chi connectivity index (χ3v) is 2.36. The van der Waals surface area contributed by atoms with Crippen LogP contribution in [0.25, 0.3) is 0 Å². The highest BCUT2D eigenvalue weighted by molar-refractivity contribution is 6.31. The number of aromatic nitrogens is 2. The maximum atomic E-state index is 6.00. The maximum absolute atomic E-state index is 6.00. The minimum atomic E-state index is -0.0163. The normalized spacial score (nSPS) is 13.7. The van der Waals surface area contributed by atoms with E-state index in [0.29, 0.717) is 11.1 Å². The zero-order valence-corrected chi connectivity index (χ0v) is 9.04. The Bertz CT molecular complexity index is 280. The molecule has 2 N–H and O–H groups in total. The molecule has 13 heavy (non-hydrogen) atoms. The average Bonchev–Trinajstić information content (AvgIpc) is 2.46. The SMILES string of the molecule is CCC(N)c1c(Cl)cnn1C(C)C. The Hall–Kier alpha value is -0.540. The molecule has 0 bridgehead atoms. The second-order valence-electron chi connectivity index (χ2n) is 3.43. The minimum absolute atomic E-state index is 0.0163. The molecular formula is C9H16ClN3. The van der Waals surface area contributed by atoms with Crippen LogP contribution in [-0.4, -0.2) is 9.78 Å². The number of hydrogen-bond acceptors (Lipinski definition) is 2. The van der Waals surface area contributed by atoms with Gasteiger partial charge in [-0.3, -0.25) is 4.68 Å². The fraction of sp³-hybridized carbons (Fsp3) is 0.667. The third kappa shape index (κ3) is 2.03. The molecule has 1 aromatic heterocycles. The molecule has 1 heterocycles. The lowest BCUT2D eigenvalue weighted by molar-refractivity contribution is 0.482. The molecule has 0 aliphatic carbocycles. The van der Waals surface area contributed by atoms with Gasteiger partial charge in [-0.05, 0) is 20.3 Å². The zero-order valence-electron chi connectivity index (χ0n) is 8.29. The Morgan fingerprint density at radius 1 is 1.62 bits per heavy atom. The molecule has 1 unspecified atom stereocenters. The smallest absolute Gasteiger partial charge is 0.0834 e. The van der Waals surface area contributed by atoms with Crippen LogP contribution in [0.2, 0.25) is 5.02 Å². The molecule has 4 heteroatoms. The molecule has 1 aromatic rings. The standard InChI is InChI=1S/C9H16ClN3/c1-4-8(11)9-7(10)5-12-13(9)6(2)3/h5-6,8H,4,11H2,1-3H3. The van der Waals surface area contributed by atoms with Gasteiger partial charge in [0.25, 0.3) is 0 Å². The van der Waals surface area contributed by atoms with Crippen molar-refractivity contribution in [2.24, 2.45) is 5.73 Å². The van der Waals surface area contributed by atoms with Gasteiger partial charge in [-0.25, -0.2) is 0 Å². The molecular weight excluding hydrogens is 186 g/mol. The van der Waals surface area contributed by atoms with Gasteiger partial charge in [-0.15, -0.1) is 0 Å². The molecule has 1 atom stereocenters. The zero-order chi connectivity index (χ0) is 10.0.